The first-order chi connectivity index (χ1) is 6.54. The summed E-state index contributed by atoms with van der Waals surface area (Å²) < 4.78 is 25.0. The maximum Gasteiger partial charge on any atom is 0.349 e. The van der Waals surface area contributed by atoms with E-state index >= 15 is 0 Å². The van der Waals surface area contributed by atoms with Crippen molar-refractivity contribution in [3.8, 4) is 12.3 Å². The van der Waals surface area contributed by atoms with E-state index in [4.69, 9.17) is 18.0 Å². The van der Waals surface area contributed by atoms with Crippen molar-refractivity contribution in [3.05, 3.63) is 23.9 Å². The van der Waals surface area contributed by atoms with E-state index in [1.54, 1.807) is 0 Å². The number of aromatic nitrogens is 1. The van der Waals surface area contributed by atoms with Crippen LogP contribution in [0.3, 0.4) is 0 Å². The van der Waals surface area contributed by atoms with Crippen molar-refractivity contribution in [2.24, 2.45) is 0 Å². The fourth-order valence-corrected chi connectivity index (χ4v) is 0.919. The van der Waals surface area contributed by atoms with Gasteiger partial charge in [0.2, 0.25) is 0 Å². The molecule has 0 fully saturated rings. The van der Waals surface area contributed by atoms with Crippen LogP contribution >= 0.6 is 11.6 Å². The molecule has 1 heterocycles. The van der Waals surface area contributed by atoms with Crippen LogP contribution in [0.2, 0.25) is 0 Å². The van der Waals surface area contributed by atoms with Gasteiger partial charge >= 0.3 is 5.38 Å². The molecule has 5 heteroatoms. The van der Waals surface area contributed by atoms with Gasteiger partial charge < -0.3 is 5.32 Å². The van der Waals surface area contributed by atoms with Gasteiger partial charge in [0.1, 0.15) is 5.82 Å². The molecular weight excluding hydrogens is 210 g/mol. The molecule has 0 saturated carbocycles. The molecule has 0 bridgehead atoms. The Morgan fingerprint density at radius 3 is 2.71 bits per heavy atom. The van der Waals surface area contributed by atoms with Gasteiger partial charge in [-0.3, -0.25) is 0 Å². The largest absolute Gasteiger partial charge is 0.359 e. The summed E-state index contributed by atoms with van der Waals surface area (Å²) in [5, 5.41) is -0.640. The van der Waals surface area contributed by atoms with Gasteiger partial charge in [0.25, 0.3) is 0 Å². The Balaban J connectivity index is 2.75. The number of nitrogens with one attached hydrogen (secondary N) is 1. The third-order valence-electron chi connectivity index (χ3n) is 1.46. The minimum absolute atomic E-state index is 0.295. The number of rotatable bonds is 3. The standard InChI is InChI=1S/C9H7ClF2N2/c1-2-5-13-8-4-3-7(6-14-8)9(10,11)12/h1,3-4,6H,5H2,(H,13,14). The molecule has 0 atom stereocenters. The highest BCUT2D eigenvalue weighted by molar-refractivity contribution is 6.21. The molecule has 0 aliphatic rings. The summed E-state index contributed by atoms with van der Waals surface area (Å²) in [4.78, 5) is 3.71. The highest BCUT2D eigenvalue weighted by Crippen LogP contribution is 2.31. The maximum absolute atomic E-state index is 12.5. The van der Waals surface area contributed by atoms with Gasteiger partial charge in [0, 0.05) is 6.20 Å². The second-order valence-corrected chi connectivity index (χ2v) is 2.96. The molecule has 0 amide bonds. The number of alkyl halides is 3. The molecule has 0 aliphatic heterocycles. The zero-order valence-electron chi connectivity index (χ0n) is 7.10. The van der Waals surface area contributed by atoms with Gasteiger partial charge in [-0.05, 0) is 23.7 Å². The van der Waals surface area contributed by atoms with Crippen LogP contribution in [0, 0.1) is 12.3 Å². The number of pyridine rings is 1. The van der Waals surface area contributed by atoms with Crippen molar-refractivity contribution in [1.29, 1.82) is 0 Å². The fraction of sp³-hybridized carbons (Fsp3) is 0.222. The van der Waals surface area contributed by atoms with Gasteiger partial charge in [-0.15, -0.1) is 6.42 Å². The lowest BCUT2D eigenvalue weighted by Crippen LogP contribution is -2.06. The van der Waals surface area contributed by atoms with Crippen molar-refractivity contribution >= 4 is 17.4 Å². The van der Waals surface area contributed by atoms with Crippen molar-refractivity contribution < 1.29 is 8.78 Å². The third kappa shape index (κ3) is 2.86. The molecule has 1 N–H and O–H groups in total. The van der Waals surface area contributed by atoms with Gasteiger partial charge in [0.05, 0.1) is 12.1 Å². The van der Waals surface area contributed by atoms with E-state index in [-0.39, 0.29) is 5.56 Å². The summed E-state index contributed by atoms with van der Waals surface area (Å²) in [6, 6.07) is 2.59. The maximum atomic E-state index is 12.5. The Kier molecular flexibility index (Phi) is 3.26. The molecule has 0 radical (unpaired) electrons. The lowest BCUT2D eigenvalue weighted by molar-refractivity contribution is 0.0947. The monoisotopic (exact) mass is 216 g/mol. The number of halogens is 3. The molecule has 1 rings (SSSR count). The fourth-order valence-electron chi connectivity index (χ4n) is 0.808. The lowest BCUT2D eigenvalue weighted by atomic mass is 10.3. The number of hydrogen-bond acceptors (Lipinski definition) is 2. The van der Waals surface area contributed by atoms with E-state index in [2.05, 4.69) is 16.2 Å². The van der Waals surface area contributed by atoms with Crippen LogP contribution in [0.1, 0.15) is 5.56 Å². The number of hydrogen-bond donors (Lipinski definition) is 1. The van der Waals surface area contributed by atoms with E-state index in [1.165, 1.54) is 12.1 Å². The average molecular weight is 217 g/mol. The van der Waals surface area contributed by atoms with E-state index in [9.17, 15) is 8.78 Å². The Morgan fingerprint density at radius 1 is 1.57 bits per heavy atom. The summed E-state index contributed by atoms with van der Waals surface area (Å²) in [7, 11) is 0. The highest BCUT2D eigenvalue weighted by Gasteiger charge is 2.27. The van der Waals surface area contributed by atoms with Crippen molar-refractivity contribution in [2.45, 2.75) is 5.38 Å². The summed E-state index contributed by atoms with van der Waals surface area (Å²) in [5.74, 6) is 2.77. The molecule has 0 aliphatic carbocycles. The molecular formula is C9H7ClF2N2. The summed E-state index contributed by atoms with van der Waals surface area (Å²) in [6.07, 6.45) is 6.00. The molecule has 0 aromatic carbocycles. The van der Waals surface area contributed by atoms with Crippen LogP contribution in [-0.2, 0) is 5.38 Å². The first-order valence-corrected chi connectivity index (χ1v) is 4.12. The van der Waals surface area contributed by atoms with Crippen molar-refractivity contribution in [1.82, 2.24) is 4.98 Å². The lowest BCUT2D eigenvalue weighted by Gasteiger charge is -2.08. The molecule has 0 unspecified atom stereocenters. The predicted molar refractivity (Wildman–Crippen MR) is 51.3 cm³/mol. The minimum Gasteiger partial charge on any atom is -0.359 e. The minimum atomic E-state index is -3.38. The number of anilines is 1. The Morgan fingerprint density at radius 2 is 2.29 bits per heavy atom. The Bertz CT molecular complexity index is 337. The van der Waals surface area contributed by atoms with Crippen LogP contribution in [0.25, 0.3) is 0 Å². The molecule has 14 heavy (non-hydrogen) atoms. The predicted octanol–water partition coefficient (Wildman–Crippen LogP) is 2.41. The number of terminal acetylenes is 1. The van der Waals surface area contributed by atoms with Crippen LogP contribution in [0.15, 0.2) is 18.3 Å². The molecule has 1 aromatic rings. The third-order valence-corrected chi connectivity index (χ3v) is 1.68. The van der Waals surface area contributed by atoms with Crippen LogP contribution in [0.4, 0.5) is 14.6 Å². The summed E-state index contributed by atoms with van der Waals surface area (Å²) >= 11 is 4.79. The topological polar surface area (TPSA) is 24.9 Å². The number of nitrogens with zero attached hydrogens (tertiary/aromatic N) is 1. The molecule has 74 valence electrons. The van der Waals surface area contributed by atoms with E-state index in [0.717, 1.165) is 6.20 Å². The first-order valence-electron chi connectivity index (χ1n) is 3.74. The highest BCUT2D eigenvalue weighted by atomic mass is 35.5. The zero-order chi connectivity index (χ0) is 10.6. The Labute approximate surface area is 85.3 Å². The zero-order valence-corrected chi connectivity index (χ0v) is 7.85. The van der Waals surface area contributed by atoms with Gasteiger partial charge in [0.15, 0.2) is 0 Å². The summed E-state index contributed by atoms with van der Waals surface area (Å²) in [6.45, 7) is 0.295. The van der Waals surface area contributed by atoms with Crippen LogP contribution in [-0.4, -0.2) is 11.5 Å². The van der Waals surface area contributed by atoms with E-state index in [0.29, 0.717) is 12.4 Å². The average Bonchev–Trinajstić information content (AvgIpc) is 2.14. The normalized spacial score (nSPS) is 10.7. The van der Waals surface area contributed by atoms with Crippen LogP contribution in [0.5, 0.6) is 0 Å². The van der Waals surface area contributed by atoms with Gasteiger partial charge in [-0.25, -0.2) is 4.98 Å². The molecule has 0 spiro atoms. The Hall–Kier alpha value is -1.34. The molecule has 2 nitrogen and oxygen atoms in total. The quantitative estimate of drug-likeness (QED) is 0.620. The van der Waals surface area contributed by atoms with Crippen molar-refractivity contribution in [2.75, 3.05) is 11.9 Å². The van der Waals surface area contributed by atoms with Gasteiger partial charge in [-0.1, -0.05) is 5.92 Å². The second kappa shape index (κ2) is 4.25. The van der Waals surface area contributed by atoms with Crippen molar-refractivity contribution in [3.63, 3.8) is 0 Å². The SMILES string of the molecule is C#CCNc1ccc(C(F)(F)Cl)cn1. The molecule has 0 saturated heterocycles. The smallest absolute Gasteiger partial charge is 0.349 e. The van der Waals surface area contributed by atoms with Crippen LogP contribution < -0.4 is 5.32 Å². The van der Waals surface area contributed by atoms with E-state index in [1.807, 2.05) is 0 Å². The second-order valence-electron chi connectivity index (χ2n) is 2.49. The van der Waals surface area contributed by atoms with E-state index < -0.39 is 5.38 Å². The molecule has 1 aromatic heterocycles. The summed E-state index contributed by atoms with van der Waals surface area (Å²) in [5.41, 5.74) is -0.342. The van der Waals surface area contributed by atoms with Gasteiger partial charge in [-0.2, -0.15) is 8.78 Å². The first kappa shape index (κ1) is 10.7.